The maximum absolute atomic E-state index is 12.8. The van der Waals surface area contributed by atoms with E-state index in [1.165, 1.54) is 24.5 Å². The topological polar surface area (TPSA) is 66.9 Å². The number of rotatable bonds is 5. The number of carbonyl (C=O) groups excluding carboxylic acids is 1. The summed E-state index contributed by atoms with van der Waals surface area (Å²) in [6, 6.07) is 10.3. The number of sulfonamides is 1. The molecule has 0 atom stereocenters. The summed E-state index contributed by atoms with van der Waals surface area (Å²) in [5, 5.41) is 0.455. The van der Waals surface area contributed by atoms with E-state index in [-0.39, 0.29) is 17.4 Å². The molecular formula is C20H23ClN2O4S. The van der Waals surface area contributed by atoms with Gasteiger partial charge in [0.2, 0.25) is 10.0 Å². The van der Waals surface area contributed by atoms with Crippen LogP contribution in [0.2, 0.25) is 5.02 Å². The first kappa shape index (κ1) is 20.6. The minimum absolute atomic E-state index is 0.139. The van der Waals surface area contributed by atoms with E-state index in [1.54, 1.807) is 29.2 Å². The lowest BCUT2D eigenvalue weighted by Crippen LogP contribution is -2.38. The molecule has 3 rings (SSSR count). The second-order valence-electron chi connectivity index (χ2n) is 6.95. The summed E-state index contributed by atoms with van der Waals surface area (Å²) in [6.07, 6.45) is 1.48. The molecule has 1 heterocycles. The minimum atomic E-state index is -3.51. The van der Waals surface area contributed by atoms with Crippen LogP contribution in [0.5, 0.6) is 5.75 Å². The molecule has 150 valence electrons. The third-order valence-electron chi connectivity index (χ3n) is 4.69. The van der Waals surface area contributed by atoms with Crippen molar-refractivity contribution in [1.82, 2.24) is 4.31 Å². The van der Waals surface area contributed by atoms with Gasteiger partial charge in [0.25, 0.3) is 5.91 Å². The zero-order valence-electron chi connectivity index (χ0n) is 16.1. The van der Waals surface area contributed by atoms with Crippen molar-refractivity contribution < 1.29 is 17.9 Å². The highest BCUT2D eigenvalue weighted by Crippen LogP contribution is 2.31. The van der Waals surface area contributed by atoms with Gasteiger partial charge in [-0.3, -0.25) is 4.79 Å². The maximum Gasteiger partial charge on any atom is 0.264 e. The van der Waals surface area contributed by atoms with Crippen LogP contribution in [-0.2, 0) is 21.2 Å². The Balaban J connectivity index is 1.80. The number of halogens is 1. The number of anilines is 1. The molecule has 6 nitrogen and oxygen atoms in total. The van der Waals surface area contributed by atoms with Gasteiger partial charge in [-0.25, -0.2) is 12.7 Å². The Morgan fingerprint density at radius 1 is 1.21 bits per heavy atom. The number of fused-ring (bicyclic) bond motifs is 1. The highest BCUT2D eigenvalue weighted by Gasteiger charge is 2.26. The van der Waals surface area contributed by atoms with Crippen molar-refractivity contribution in [3.05, 3.63) is 52.5 Å². The number of aryl methyl sites for hydroxylation is 2. The standard InChI is InChI=1S/C20H23ClN2O4S/c1-14-6-8-17(21)19(11-14)27-13-20(24)23-10-4-5-15-12-16(7-9-18(15)23)28(25,26)22(2)3/h6-9,11-12H,4-5,10,13H2,1-3H3. The Morgan fingerprint density at radius 3 is 2.68 bits per heavy atom. The number of carbonyl (C=O) groups is 1. The summed E-state index contributed by atoms with van der Waals surface area (Å²) in [5.74, 6) is 0.279. The molecule has 0 saturated carbocycles. The van der Waals surface area contributed by atoms with Crippen LogP contribution in [0, 0.1) is 6.92 Å². The van der Waals surface area contributed by atoms with Gasteiger partial charge < -0.3 is 9.64 Å². The summed E-state index contributed by atoms with van der Waals surface area (Å²) >= 11 is 6.12. The molecule has 0 unspecified atom stereocenters. The fourth-order valence-corrected chi connectivity index (χ4v) is 4.27. The van der Waals surface area contributed by atoms with Gasteiger partial charge in [0.1, 0.15) is 5.75 Å². The number of nitrogens with zero attached hydrogens (tertiary/aromatic N) is 2. The van der Waals surface area contributed by atoms with Gasteiger partial charge in [-0.05, 0) is 61.2 Å². The summed E-state index contributed by atoms with van der Waals surface area (Å²) in [4.78, 5) is 14.6. The van der Waals surface area contributed by atoms with Crippen LogP contribution in [-0.4, -0.2) is 45.9 Å². The van der Waals surface area contributed by atoms with E-state index in [4.69, 9.17) is 16.3 Å². The van der Waals surface area contributed by atoms with Crippen LogP contribution in [0.15, 0.2) is 41.3 Å². The first-order chi connectivity index (χ1) is 13.2. The summed E-state index contributed by atoms with van der Waals surface area (Å²) < 4.78 is 31.5. The number of hydrogen-bond donors (Lipinski definition) is 0. The zero-order chi connectivity index (χ0) is 20.5. The lowest BCUT2D eigenvalue weighted by Gasteiger charge is -2.30. The molecule has 1 aliphatic rings. The van der Waals surface area contributed by atoms with E-state index in [9.17, 15) is 13.2 Å². The maximum atomic E-state index is 12.8. The van der Waals surface area contributed by atoms with E-state index >= 15 is 0 Å². The molecule has 2 aromatic rings. The van der Waals surface area contributed by atoms with Crippen molar-refractivity contribution >= 4 is 33.2 Å². The third kappa shape index (κ3) is 4.16. The normalized spacial score (nSPS) is 14.1. The smallest absolute Gasteiger partial charge is 0.264 e. The minimum Gasteiger partial charge on any atom is -0.482 e. The molecule has 1 aliphatic heterocycles. The predicted molar refractivity (Wildman–Crippen MR) is 110 cm³/mol. The fourth-order valence-electron chi connectivity index (χ4n) is 3.14. The Morgan fingerprint density at radius 2 is 1.96 bits per heavy atom. The first-order valence-corrected chi connectivity index (χ1v) is 10.8. The Bertz CT molecular complexity index is 1010. The molecule has 0 saturated heterocycles. The Labute approximate surface area is 170 Å². The van der Waals surface area contributed by atoms with E-state index < -0.39 is 10.0 Å². The molecule has 0 spiro atoms. The van der Waals surface area contributed by atoms with Crippen molar-refractivity contribution in [3.8, 4) is 5.75 Å². The number of hydrogen-bond acceptors (Lipinski definition) is 4. The molecule has 0 aliphatic carbocycles. The molecule has 0 radical (unpaired) electrons. The van der Waals surface area contributed by atoms with E-state index in [1.807, 2.05) is 13.0 Å². The summed E-state index contributed by atoms with van der Waals surface area (Å²) in [6.45, 7) is 2.35. The van der Waals surface area contributed by atoms with Gasteiger partial charge in [-0.2, -0.15) is 0 Å². The lowest BCUT2D eigenvalue weighted by atomic mass is 10.0. The molecule has 0 bridgehead atoms. The SMILES string of the molecule is Cc1ccc(Cl)c(OCC(=O)N2CCCc3cc(S(=O)(=O)N(C)C)ccc32)c1. The average molecular weight is 423 g/mol. The van der Waals surface area contributed by atoms with Crippen molar-refractivity contribution in [3.63, 3.8) is 0 Å². The summed E-state index contributed by atoms with van der Waals surface area (Å²) in [5.41, 5.74) is 2.56. The third-order valence-corrected chi connectivity index (χ3v) is 6.81. The van der Waals surface area contributed by atoms with Gasteiger partial charge >= 0.3 is 0 Å². The molecule has 8 heteroatoms. The van der Waals surface area contributed by atoms with Crippen LogP contribution in [0.25, 0.3) is 0 Å². The Hall–Kier alpha value is -2.09. The van der Waals surface area contributed by atoms with Gasteiger partial charge in [0.05, 0.1) is 9.92 Å². The fraction of sp³-hybridized carbons (Fsp3) is 0.350. The van der Waals surface area contributed by atoms with Crippen molar-refractivity contribution in [1.29, 1.82) is 0 Å². The highest BCUT2D eigenvalue weighted by atomic mass is 35.5. The van der Waals surface area contributed by atoms with E-state index in [0.717, 1.165) is 29.7 Å². The molecule has 1 amide bonds. The average Bonchev–Trinajstić information content (AvgIpc) is 2.67. The van der Waals surface area contributed by atoms with E-state index in [0.29, 0.717) is 17.3 Å². The largest absolute Gasteiger partial charge is 0.482 e. The van der Waals surface area contributed by atoms with Crippen LogP contribution in [0.1, 0.15) is 17.5 Å². The highest BCUT2D eigenvalue weighted by molar-refractivity contribution is 7.89. The molecule has 0 aromatic heterocycles. The van der Waals surface area contributed by atoms with Gasteiger partial charge in [0, 0.05) is 26.3 Å². The summed E-state index contributed by atoms with van der Waals surface area (Å²) in [7, 11) is -0.516. The lowest BCUT2D eigenvalue weighted by molar-refractivity contribution is -0.120. The monoisotopic (exact) mass is 422 g/mol. The van der Waals surface area contributed by atoms with Crippen LogP contribution in [0.4, 0.5) is 5.69 Å². The molecular weight excluding hydrogens is 400 g/mol. The van der Waals surface area contributed by atoms with Crippen molar-refractivity contribution in [2.45, 2.75) is 24.7 Å². The number of benzene rings is 2. The zero-order valence-corrected chi connectivity index (χ0v) is 17.7. The number of amides is 1. The second kappa shape index (κ2) is 8.11. The van der Waals surface area contributed by atoms with Gasteiger partial charge in [0.15, 0.2) is 6.61 Å². The van der Waals surface area contributed by atoms with Gasteiger partial charge in [-0.1, -0.05) is 17.7 Å². The van der Waals surface area contributed by atoms with Crippen molar-refractivity contribution in [2.24, 2.45) is 0 Å². The van der Waals surface area contributed by atoms with Crippen LogP contribution in [0.3, 0.4) is 0 Å². The second-order valence-corrected chi connectivity index (χ2v) is 9.51. The Kier molecular flexibility index (Phi) is 5.98. The molecule has 2 aromatic carbocycles. The molecule has 28 heavy (non-hydrogen) atoms. The van der Waals surface area contributed by atoms with Crippen molar-refractivity contribution in [2.75, 3.05) is 32.1 Å². The number of ether oxygens (including phenoxy) is 1. The van der Waals surface area contributed by atoms with Crippen LogP contribution < -0.4 is 9.64 Å². The van der Waals surface area contributed by atoms with E-state index in [2.05, 4.69) is 0 Å². The van der Waals surface area contributed by atoms with Gasteiger partial charge in [-0.15, -0.1) is 0 Å². The van der Waals surface area contributed by atoms with Crippen LogP contribution >= 0.6 is 11.6 Å². The first-order valence-electron chi connectivity index (χ1n) is 8.95. The molecule has 0 N–H and O–H groups in total. The quantitative estimate of drug-likeness (QED) is 0.741. The predicted octanol–water partition coefficient (Wildman–Crippen LogP) is 3.26. The molecule has 0 fully saturated rings.